The Morgan fingerprint density at radius 3 is 2.52 bits per heavy atom. The zero-order valence-electron chi connectivity index (χ0n) is 16.4. The number of amides is 1. The minimum atomic E-state index is -0.459. The van der Waals surface area contributed by atoms with E-state index in [9.17, 15) is 14.0 Å². The number of thiophene rings is 1. The molecule has 1 aromatic carbocycles. The van der Waals surface area contributed by atoms with Crippen LogP contribution in [0.15, 0.2) is 29.6 Å². The van der Waals surface area contributed by atoms with Crippen molar-refractivity contribution in [1.29, 1.82) is 0 Å². The van der Waals surface area contributed by atoms with E-state index in [-0.39, 0.29) is 24.0 Å². The van der Waals surface area contributed by atoms with Gasteiger partial charge >= 0.3 is 5.97 Å². The number of hydrogen-bond donors (Lipinski definition) is 1. The van der Waals surface area contributed by atoms with E-state index in [4.69, 9.17) is 9.47 Å². The van der Waals surface area contributed by atoms with Gasteiger partial charge in [0.2, 0.25) is 5.91 Å². The Kier molecular flexibility index (Phi) is 7.18. The van der Waals surface area contributed by atoms with Gasteiger partial charge in [0.25, 0.3) is 0 Å². The van der Waals surface area contributed by atoms with Gasteiger partial charge in [0.05, 0.1) is 26.5 Å². The van der Waals surface area contributed by atoms with Gasteiger partial charge in [-0.2, -0.15) is 0 Å². The fourth-order valence-corrected chi connectivity index (χ4v) is 3.99. The number of esters is 1. The van der Waals surface area contributed by atoms with E-state index >= 15 is 0 Å². The molecule has 1 aromatic heterocycles. The predicted octanol–water partition coefficient (Wildman–Crippen LogP) is 2.44. The number of nitrogens with one attached hydrogen (secondary N) is 1. The first-order chi connectivity index (χ1) is 14.0. The number of methoxy groups -OCH3 is 2. The van der Waals surface area contributed by atoms with Crippen LogP contribution in [0.5, 0.6) is 5.75 Å². The van der Waals surface area contributed by atoms with Crippen molar-refractivity contribution in [2.24, 2.45) is 0 Å². The number of rotatable bonds is 7. The highest BCUT2D eigenvalue weighted by Gasteiger charge is 2.21. The molecule has 7 nitrogen and oxygen atoms in total. The lowest BCUT2D eigenvalue weighted by atomic mass is 10.2. The largest absolute Gasteiger partial charge is 0.494 e. The number of carbonyl (C=O) groups excluding carboxylic acids is 2. The SMILES string of the molecule is COC(=O)c1sccc1NC(=O)CN1CCN(Cc2ccc(OC)c(F)c2)CC1. The molecule has 1 amide bonds. The molecule has 0 atom stereocenters. The van der Waals surface area contributed by atoms with E-state index in [2.05, 4.69) is 15.1 Å². The molecule has 0 spiro atoms. The summed E-state index contributed by atoms with van der Waals surface area (Å²) in [5.41, 5.74) is 1.37. The Morgan fingerprint density at radius 2 is 1.86 bits per heavy atom. The van der Waals surface area contributed by atoms with Crippen molar-refractivity contribution >= 4 is 28.9 Å². The van der Waals surface area contributed by atoms with Crippen molar-refractivity contribution in [2.45, 2.75) is 6.54 Å². The van der Waals surface area contributed by atoms with Gasteiger partial charge in [-0.3, -0.25) is 14.6 Å². The summed E-state index contributed by atoms with van der Waals surface area (Å²) in [6.45, 7) is 3.94. The van der Waals surface area contributed by atoms with Crippen LogP contribution in [0.1, 0.15) is 15.2 Å². The molecule has 1 N–H and O–H groups in total. The molecule has 1 saturated heterocycles. The van der Waals surface area contributed by atoms with Gasteiger partial charge in [-0.05, 0) is 29.1 Å². The molecule has 29 heavy (non-hydrogen) atoms. The molecule has 1 fully saturated rings. The van der Waals surface area contributed by atoms with E-state index in [1.165, 1.54) is 31.6 Å². The van der Waals surface area contributed by atoms with Gasteiger partial charge in [-0.25, -0.2) is 9.18 Å². The first kappa shape index (κ1) is 21.2. The van der Waals surface area contributed by atoms with E-state index < -0.39 is 5.97 Å². The second-order valence-electron chi connectivity index (χ2n) is 6.72. The number of piperazine rings is 1. The van der Waals surface area contributed by atoms with Crippen molar-refractivity contribution in [3.8, 4) is 5.75 Å². The van der Waals surface area contributed by atoms with E-state index in [0.29, 0.717) is 17.1 Å². The number of halogens is 1. The summed E-state index contributed by atoms with van der Waals surface area (Å²) < 4.78 is 23.5. The smallest absolute Gasteiger partial charge is 0.350 e. The molecule has 0 aliphatic carbocycles. The van der Waals surface area contributed by atoms with Crippen LogP contribution in [0.25, 0.3) is 0 Å². The summed E-state index contributed by atoms with van der Waals surface area (Å²) in [7, 11) is 2.76. The minimum absolute atomic E-state index is 0.167. The first-order valence-corrected chi connectivity index (χ1v) is 10.1. The third-order valence-corrected chi connectivity index (χ3v) is 5.66. The number of anilines is 1. The number of nitrogens with zero attached hydrogens (tertiary/aromatic N) is 2. The monoisotopic (exact) mass is 421 g/mol. The van der Waals surface area contributed by atoms with Crippen LogP contribution >= 0.6 is 11.3 Å². The molecular weight excluding hydrogens is 397 g/mol. The van der Waals surface area contributed by atoms with Gasteiger partial charge < -0.3 is 14.8 Å². The highest BCUT2D eigenvalue weighted by atomic mass is 32.1. The summed E-state index contributed by atoms with van der Waals surface area (Å²) in [6.07, 6.45) is 0. The van der Waals surface area contributed by atoms with Crippen molar-refractivity contribution in [1.82, 2.24) is 9.80 Å². The number of hydrogen-bond acceptors (Lipinski definition) is 7. The minimum Gasteiger partial charge on any atom is -0.494 e. The number of ether oxygens (including phenoxy) is 2. The van der Waals surface area contributed by atoms with Crippen LogP contribution in [-0.2, 0) is 16.1 Å². The normalized spacial score (nSPS) is 15.1. The molecule has 2 aromatic rings. The lowest BCUT2D eigenvalue weighted by Gasteiger charge is -2.34. The van der Waals surface area contributed by atoms with Gasteiger partial charge in [-0.15, -0.1) is 11.3 Å². The second-order valence-corrected chi connectivity index (χ2v) is 7.64. The molecule has 9 heteroatoms. The van der Waals surface area contributed by atoms with Crippen LogP contribution in [0.4, 0.5) is 10.1 Å². The van der Waals surface area contributed by atoms with Crippen LogP contribution in [0.3, 0.4) is 0 Å². The average molecular weight is 421 g/mol. The van der Waals surface area contributed by atoms with Gasteiger partial charge in [0, 0.05) is 32.7 Å². The average Bonchev–Trinajstić information content (AvgIpc) is 3.17. The first-order valence-electron chi connectivity index (χ1n) is 9.23. The highest BCUT2D eigenvalue weighted by Crippen LogP contribution is 2.23. The summed E-state index contributed by atoms with van der Waals surface area (Å²) in [5.74, 6) is -0.747. The quantitative estimate of drug-likeness (QED) is 0.693. The van der Waals surface area contributed by atoms with Crippen LogP contribution in [0.2, 0.25) is 0 Å². The predicted molar refractivity (Wildman–Crippen MR) is 109 cm³/mol. The maximum Gasteiger partial charge on any atom is 0.350 e. The summed E-state index contributed by atoms with van der Waals surface area (Å²) in [4.78, 5) is 28.7. The van der Waals surface area contributed by atoms with E-state index in [0.717, 1.165) is 31.7 Å². The molecule has 0 unspecified atom stereocenters. The van der Waals surface area contributed by atoms with E-state index in [1.54, 1.807) is 17.5 Å². The van der Waals surface area contributed by atoms with Crippen LogP contribution in [-0.4, -0.2) is 68.6 Å². The second kappa shape index (κ2) is 9.82. The highest BCUT2D eigenvalue weighted by molar-refractivity contribution is 7.12. The van der Waals surface area contributed by atoms with Crippen molar-refractivity contribution in [3.63, 3.8) is 0 Å². The Bertz CT molecular complexity index is 865. The van der Waals surface area contributed by atoms with Crippen LogP contribution < -0.4 is 10.1 Å². The third kappa shape index (κ3) is 5.53. The third-order valence-electron chi connectivity index (χ3n) is 4.76. The molecule has 156 valence electrons. The standard InChI is InChI=1S/C20H24FN3O4S/c1-27-17-4-3-14(11-15(17)21)12-23-6-8-24(9-7-23)13-18(25)22-16-5-10-29-19(16)20(26)28-2/h3-5,10-11H,6-9,12-13H2,1-2H3,(H,22,25). The molecule has 0 saturated carbocycles. The van der Waals surface area contributed by atoms with Crippen molar-refractivity contribution < 1.29 is 23.5 Å². The van der Waals surface area contributed by atoms with E-state index in [1.807, 2.05) is 6.07 Å². The zero-order valence-corrected chi connectivity index (χ0v) is 17.3. The summed E-state index contributed by atoms with van der Waals surface area (Å²) in [6, 6.07) is 6.69. The van der Waals surface area contributed by atoms with Gasteiger partial charge in [-0.1, -0.05) is 6.07 Å². The van der Waals surface area contributed by atoms with Gasteiger partial charge in [0.15, 0.2) is 11.6 Å². The molecule has 3 rings (SSSR count). The molecule has 0 radical (unpaired) electrons. The lowest BCUT2D eigenvalue weighted by molar-refractivity contribution is -0.117. The fraction of sp³-hybridized carbons (Fsp3) is 0.400. The Labute approximate surface area is 173 Å². The van der Waals surface area contributed by atoms with Crippen molar-refractivity contribution in [2.75, 3.05) is 52.3 Å². The topological polar surface area (TPSA) is 71.1 Å². The zero-order chi connectivity index (χ0) is 20.8. The lowest BCUT2D eigenvalue weighted by Crippen LogP contribution is -2.48. The molecule has 1 aliphatic rings. The molecule has 2 heterocycles. The molecular formula is C20H24FN3O4S. The Balaban J connectivity index is 1.46. The maximum absolute atomic E-state index is 13.8. The fourth-order valence-electron chi connectivity index (χ4n) is 3.22. The Hall–Kier alpha value is -2.49. The molecule has 1 aliphatic heterocycles. The molecule has 0 bridgehead atoms. The number of carbonyl (C=O) groups is 2. The van der Waals surface area contributed by atoms with Crippen LogP contribution in [0, 0.1) is 5.82 Å². The number of benzene rings is 1. The van der Waals surface area contributed by atoms with Gasteiger partial charge in [0.1, 0.15) is 4.88 Å². The summed E-state index contributed by atoms with van der Waals surface area (Å²) in [5, 5.41) is 4.52. The maximum atomic E-state index is 13.8. The Morgan fingerprint density at radius 1 is 1.14 bits per heavy atom. The summed E-state index contributed by atoms with van der Waals surface area (Å²) >= 11 is 1.23. The van der Waals surface area contributed by atoms with Crippen molar-refractivity contribution in [3.05, 3.63) is 45.9 Å².